The molecule has 0 aromatic carbocycles. The summed E-state index contributed by atoms with van der Waals surface area (Å²) in [5, 5.41) is 12.5. The van der Waals surface area contributed by atoms with Gasteiger partial charge in [-0.3, -0.25) is 0 Å². The lowest BCUT2D eigenvalue weighted by atomic mass is 10.1. The lowest BCUT2D eigenvalue weighted by Crippen LogP contribution is -2.12. The topological polar surface area (TPSA) is 69.6 Å². The molecule has 1 aliphatic carbocycles. The van der Waals surface area contributed by atoms with Crippen LogP contribution in [0, 0.1) is 5.92 Å². The fourth-order valence-electron chi connectivity index (χ4n) is 1.93. The molecular formula is C9H17N5S. The lowest BCUT2D eigenvalue weighted by Gasteiger charge is -2.07. The molecule has 6 heteroatoms. The molecule has 1 aromatic rings. The van der Waals surface area contributed by atoms with Crippen LogP contribution in [0.2, 0.25) is 0 Å². The number of nitrogens with zero attached hydrogens (tertiary/aromatic N) is 4. The maximum Gasteiger partial charge on any atom is 0.209 e. The standard InChI is InChI=1S/C9H17N5S/c10-5-6-14-9(11-12-13-14)15-7-8-3-1-2-4-8/h8H,1-7,10H2. The Bertz CT molecular complexity index is 294. The zero-order valence-corrected chi connectivity index (χ0v) is 9.62. The molecule has 84 valence electrons. The molecule has 0 unspecified atom stereocenters. The number of nitrogens with two attached hydrogens (primary N) is 1. The fourth-order valence-corrected chi connectivity index (χ4v) is 3.02. The molecule has 0 saturated heterocycles. The van der Waals surface area contributed by atoms with Crippen molar-refractivity contribution in [1.29, 1.82) is 0 Å². The number of hydrogen-bond acceptors (Lipinski definition) is 5. The van der Waals surface area contributed by atoms with Crippen molar-refractivity contribution in [1.82, 2.24) is 20.2 Å². The van der Waals surface area contributed by atoms with Gasteiger partial charge in [-0.25, -0.2) is 4.68 Å². The largest absolute Gasteiger partial charge is 0.329 e. The van der Waals surface area contributed by atoms with Gasteiger partial charge < -0.3 is 5.73 Å². The van der Waals surface area contributed by atoms with Gasteiger partial charge in [-0.15, -0.1) is 5.10 Å². The smallest absolute Gasteiger partial charge is 0.209 e. The number of aromatic nitrogens is 4. The first-order valence-corrected chi connectivity index (χ1v) is 6.47. The molecule has 1 aromatic heterocycles. The van der Waals surface area contributed by atoms with E-state index in [1.165, 1.54) is 25.7 Å². The average Bonchev–Trinajstić information content (AvgIpc) is 2.85. The molecule has 5 nitrogen and oxygen atoms in total. The van der Waals surface area contributed by atoms with Crippen molar-refractivity contribution in [2.75, 3.05) is 12.3 Å². The predicted octanol–water partition coefficient (Wildman–Crippen LogP) is 0.914. The van der Waals surface area contributed by atoms with E-state index in [0.29, 0.717) is 13.1 Å². The average molecular weight is 227 g/mol. The van der Waals surface area contributed by atoms with Gasteiger partial charge in [-0.2, -0.15) is 0 Å². The summed E-state index contributed by atoms with van der Waals surface area (Å²) >= 11 is 1.76. The Kier molecular flexibility index (Phi) is 3.96. The Morgan fingerprint density at radius 3 is 2.93 bits per heavy atom. The molecule has 1 saturated carbocycles. The highest BCUT2D eigenvalue weighted by Gasteiger charge is 2.16. The minimum absolute atomic E-state index is 0.585. The molecule has 15 heavy (non-hydrogen) atoms. The highest BCUT2D eigenvalue weighted by Crippen LogP contribution is 2.29. The third kappa shape index (κ3) is 2.92. The van der Waals surface area contributed by atoms with Crippen molar-refractivity contribution in [3.05, 3.63) is 0 Å². The van der Waals surface area contributed by atoms with Crippen molar-refractivity contribution in [3.63, 3.8) is 0 Å². The van der Waals surface area contributed by atoms with Crippen LogP contribution < -0.4 is 5.73 Å². The first-order valence-electron chi connectivity index (χ1n) is 5.49. The van der Waals surface area contributed by atoms with Gasteiger partial charge in [0.05, 0.1) is 6.54 Å². The van der Waals surface area contributed by atoms with Crippen LogP contribution in [0.3, 0.4) is 0 Å². The van der Waals surface area contributed by atoms with Crippen molar-refractivity contribution >= 4 is 11.8 Å². The van der Waals surface area contributed by atoms with E-state index in [1.807, 2.05) is 0 Å². The molecule has 1 heterocycles. The summed E-state index contributed by atoms with van der Waals surface area (Å²) in [6.45, 7) is 1.29. The summed E-state index contributed by atoms with van der Waals surface area (Å²) < 4.78 is 1.79. The number of hydrogen-bond donors (Lipinski definition) is 1. The minimum Gasteiger partial charge on any atom is -0.329 e. The van der Waals surface area contributed by atoms with E-state index >= 15 is 0 Å². The number of thioether (sulfide) groups is 1. The van der Waals surface area contributed by atoms with Gasteiger partial charge in [-0.1, -0.05) is 24.6 Å². The zero-order chi connectivity index (χ0) is 10.5. The van der Waals surface area contributed by atoms with Crippen molar-refractivity contribution in [2.45, 2.75) is 37.4 Å². The second-order valence-corrected chi connectivity index (χ2v) is 4.92. The van der Waals surface area contributed by atoms with Crippen LogP contribution in [-0.2, 0) is 6.54 Å². The van der Waals surface area contributed by atoms with Crippen LogP contribution >= 0.6 is 11.8 Å². The Hall–Kier alpha value is -0.620. The van der Waals surface area contributed by atoms with E-state index in [9.17, 15) is 0 Å². The van der Waals surface area contributed by atoms with Crippen LogP contribution in [0.1, 0.15) is 25.7 Å². The summed E-state index contributed by atoms with van der Waals surface area (Å²) in [7, 11) is 0. The highest BCUT2D eigenvalue weighted by atomic mass is 32.2. The van der Waals surface area contributed by atoms with Gasteiger partial charge in [0.25, 0.3) is 0 Å². The van der Waals surface area contributed by atoms with Crippen LogP contribution in [0.25, 0.3) is 0 Å². The molecule has 2 N–H and O–H groups in total. The molecule has 0 spiro atoms. The van der Waals surface area contributed by atoms with Gasteiger partial charge >= 0.3 is 0 Å². The Morgan fingerprint density at radius 1 is 1.40 bits per heavy atom. The Balaban J connectivity index is 1.83. The molecule has 0 aliphatic heterocycles. The summed E-state index contributed by atoms with van der Waals surface area (Å²) in [6.07, 6.45) is 5.51. The fraction of sp³-hybridized carbons (Fsp3) is 0.889. The third-order valence-electron chi connectivity index (χ3n) is 2.76. The summed E-state index contributed by atoms with van der Waals surface area (Å²) in [4.78, 5) is 0. The molecule has 0 atom stereocenters. The normalized spacial score (nSPS) is 17.4. The first kappa shape index (κ1) is 10.9. The molecule has 0 radical (unpaired) electrons. The molecule has 2 rings (SSSR count). The second-order valence-electron chi connectivity index (χ2n) is 3.93. The molecule has 1 aliphatic rings. The molecule has 1 fully saturated rings. The van der Waals surface area contributed by atoms with Crippen LogP contribution in [0.4, 0.5) is 0 Å². The SMILES string of the molecule is NCCn1nnnc1SCC1CCCC1. The zero-order valence-electron chi connectivity index (χ0n) is 8.80. The Labute approximate surface area is 93.8 Å². The maximum atomic E-state index is 5.48. The Morgan fingerprint density at radius 2 is 2.20 bits per heavy atom. The van der Waals surface area contributed by atoms with E-state index < -0.39 is 0 Å². The van der Waals surface area contributed by atoms with E-state index in [-0.39, 0.29) is 0 Å². The number of rotatable bonds is 5. The van der Waals surface area contributed by atoms with Gasteiger partial charge in [0.1, 0.15) is 0 Å². The summed E-state index contributed by atoms with van der Waals surface area (Å²) in [5.74, 6) is 2.00. The van der Waals surface area contributed by atoms with Gasteiger partial charge in [0.2, 0.25) is 5.16 Å². The highest BCUT2D eigenvalue weighted by molar-refractivity contribution is 7.99. The minimum atomic E-state index is 0.585. The molecule has 0 amide bonds. The van der Waals surface area contributed by atoms with Gasteiger partial charge in [0.15, 0.2) is 0 Å². The predicted molar refractivity (Wildman–Crippen MR) is 59.6 cm³/mol. The van der Waals surface area contributed by atoms with Crippen molar-refractivity contribution < 1.29 is 0 Å². The third-order valence-corrected chi connectivity index (χ3v) is 3.95. The number of tetrazole rings is 1. The first-order chi connectivity index (χ1) is 7.40. The quantitative estimate of drug-likeness (QED) is 0.757. The van der Waals surface area contributed by atoms with E-state index in [4.69, 9.17) is 5.73 Å². The van der Waals surface area contributed by atoms with Crippen LogP contribution in [0.15, 0.2) is 5.16 Å². The van der Waals surface area contributed by atoms with Gasteiger partial charge in [-0.05, 0) is 29.2 Å². The van der Waals surface area contributed by atoms with Crippen LogP contribution in [-0.4, -0.2) is 32.5 Å². The maximum absolute atomic E-state index is 5.48. The van der Waals surface area contributed by atoms with Gasteiger partial charge in [0, 0.05) is 12.3 Å². The van der Waals surface area contributed by atoms with E-state index in [0.717, 1.165) is 16.8 Å². The molecule has 0 bridgehead atoms. The summed E-state index contributed by atoms with van der Waals surface area (Å²) in [6, 6.07) is 0. The van der Waals surface area contributed by atoms with Crippen molar-refractivity contribution in [2.24, 2.45) is 11.7 Å². The monoisotopic (exact) mass is 227 g/mol. The van der Waals surface area contributed by atoms with E-state index in [2.05, 4.69) is 15.5 Å². The lowest BCUT2D eigenvalue weighted by molar-refractivity contribution is 0.554. The summed E-state index contributed by atoms with van der Waals surface area (Å²) in [5.41, 5.74) is 5.48. The van der Waals surface area contributed by atoms with Crippen molar-refractivity contribution in [3.8, 4) is 0 Å². The second kappa shape index (κ2) is 5.46. The van der Waals surface area contributed by atoms with E-state index in [1.54, 1.807) is 16.4 Å². The molecular weight excluding hydrogens is 210 g/mol. The van der Waals surface area contributed by atoms with Crippen LogP contribution in [0.5, 0.6) is 0 Å².